The van der Waals surface area contributed by atoms with Gasteiger partial charge < -0.3 is 10.5 Å². The van der Waals surface area contributed by atoms with Crippen LogP contribution in [0, 0.1) is 17.8 Å². The molecule has 16 heavy (non-hydrogen) atoms. The summed E-state index contributed by atoms with van der Waals surface area (Å²) < 4.78 is 43.7. The van der Waals surface area contributed by atoms with Crippen LogP contribution < -0.4 is 5.73 Å². The summed E-state index contributed by atoms with van der Waals surface area (Å²) in [6.45, 7) is 2.26. The molecule has 5 atom stereocenters. The average Bonchev–Trinajstić information content (AvgIpc) is 2.54. The van der Waals surface area contributed by atoms with Gasteiger partial charge in [0.15, 0.2) is 0 Å². The lowest BCUT2D eigenvalue weighted by Gasteiger charge is -2.37. The van der Waals surface area contributed by atoms with E-state index in [1.54, 1.807) is 0 Å². The van der Waals surface area contributed by atoms with Crippen molar-refractivity contribution in [3.05, 3.63) is 0 Å². The molecule has 0 amide bonds. The van der Waals surface area contributed by atoms with Crippen LogP contribution in [0.15, 0.2) is 0 Å². The van der Waals surface area contributed by atoms with Crippen molar-refractivity contribution >= 4 is 0 Å². The average molecular weight is 237 g/mol. The van der Waals surface area contributed by atoms with E-state index in [-0.39, 0.29) is 36.9 Å². The van der Waals surface area contributed by atoms with Gasteiger partial charge in [-0.2, -0.15) is 13.2 Å². The Balaban J connectivity index is 2.10. The third kappa shape index (κ3) is 2.20. The zero-order valence-corrected chi connectivity index (χ0v) is 9.33. The van der Waals surface area contributed by atoms with Crippen LogP contribution >= 0.6 is 0 Å². The lowest BCUT2D eigenvalue weighted by Crippen LogP contribution is -2.42. The summed E-state index contributed by atoms with van der Waals surface area (Å²) in [7, 11) is 0. The molecule has 0 aromatic carbocycles. The molecule has 5 heteroatoms. The molecule has 1 saturated heterocycles. The molecule has 0 aromatic rings. The van der Waals surface area contributed by atoms with Gasteiger partial charge in [-0.25, -0.2) is 0 Å². The normalized spacial score (nSPS) is 44.4. The molecule has 2 fully saturated rings. The number of halogens is 3. The predicted octanol–water partition coefficient (Wildman–Crippen LogP) is 2.33. The van der Waals surface area contributed by atoms with Gasteiger partial charge >= 0.3 is 6.18 Å². The van der Waals surface area contributed by atoms with Crippen LogP contribution in [0.25, 0.3) is 0 Å². The molecule has 1 saturated carbocycles. The fourth-order valence-electron chi connectivity index (χ4n) is 3.17. The van der Waals surface area contributed by atoms with E-state index in [0.717, 1.165) is 6.42 Å². The molecule has 2 aliphatic rings. The summed E-state index contributed by atoms with van der Waals surface area (Å²) in [6, 6.07) is 0. The Morgan fingerprint density at radius 1 is 1.25 bits per heavy atom. The van der Waals surface area contributed by atoms with Crippen LogP contribution in [0.1, 0.15) is 26.2 Å². The number of alkyl halides is 3. The third-order valence-electron chi connectivity index (χ3n) is 3.96. The van der Waals surface area contributed by atoms with Gasteiger partial charge in [0.25, 0.3) is 0 Å². The van der Waals surface area contributed by atoms with Crippen molar-refractivity contribution in [2.45, 2.75) is 44.6 Å². The van der Waals surface area contributed by atoms with Crippen molar-refractivity contribution in [3.63, 3.8) is 0 Å². The molecule has 1 aliphatic heterocycles. The highest BCUT2D eigenvalue weighted by molar-refractivity contribution is 4.94. The highest BCUT2D eigenvalue weighted by atomic mass is 19.4. The second-order valence-electron chi connectivity index (χ2n) is 5.09. The maximum Gasteiger partial charge on any atom is 0.391 e. The molecule has 1 heterocycles. The van der Waals surface area contributed by atoms with Gasteiger partial charge in [-0.3, -0.25) is 0 Å². The van der Waals surface area contributed by atoms with E-state index < -0.39 is 12.1 Å². The van der Waals surface area contributed by atoms with Crippen LogP contribution in [0.5, 0.6) is 0 Å². The maximum atomic E-state index is 12.7. The van der Waals surface area contributed by atoms with Gasteiger partial charge in [0.1, 0.15) is 0 Å². The highest BCUT2D eigenvalue weighted by Gasteiger charge is 2.51. The molecule has 94 valence electrons. The van der Waals surface area contributed by atoms with Crippen LogP contribution in [-0.4, -0.2) is 24.9 Å². The van der Waals surface area contributed by atoms with E-state index in [9.17, 15) is 13.2 Å². The van der Waals surface area contributed by atoms with E-state index in [4.69, 9.17) is 10.5 Å². The van der Waals surface area contributed by atoms with Gasteiger partial charge in [-0.15, -0.1) is 0 Å². The molecular weight excluding hydrogens is 219 g/mol. The maximum absolute atomic E-state index is 12.7. The summed E-state index contributed by atoms with van der Waals surface area (Å²) >= 11 is 0. The first-order valence-corrected chi connectivity index (χ1v) is 5.84. The van der Waals surface area contributed by atoms with Gasteiger partial charge in [-0.05, 0) is 44.6 Å². The summed E-state index contributed by atoms with van der Waals surface area (Å²) in [5.41, 5.74) is 5.59. The molecule has 2 N–H and O–H groups in total. The van der Waals surface area contributed by atoms with Crippen molar-refractivity contribution in [2.24, 2.45) is 23.5 Å². The minimum atomic E-state index is -4.10. The SMILES string of the molecule is CC1CC2C(CN)CC(C(F)(F)F)CC2O1. The molecule has 5 unspecified atom stereocenters. The van der Waals surface area contributed by atoms with Crippen molar-refractivity contribution < 1.29 is 17.9 Å². The smallest absolute Gasteiger partial charge is 0.375 e. The molecular formula is C11H18F3NO. The molecule has 0 radical (unpaired) electrons. The number of ether oxygens (including phenoxy) is 1. The van der Waals surface area contributed by atoms with Gasteiger partial charge in [0.05, 0.1) is 18.1 Å². The fraction of sp³-hybridized carbons (Fsp3) is 1.00. The van der Waals surface area contributed by atoms with Crippen molar-refractivity contribution in [1.29, 1.82) is 0 Å². The molecule has 0 bridgehead atoms. The minimum Gasteiger partial charge on any atom is -0.375 e. The van der Waals surface area contributed by atoms with E-state index >= 15 is 0 Å². The van der Waals surface area contributed by atoms with Crippen molar-refractivity contribution in [3.8, 4) is 0 Å². The monoisotopic (exact) mass is 237 g/mol. The quantitative estimate of drug-likeness (QED) is 0.759. The Kier molecular flexibility index (Phi) is 3.18. The van der Waals surface area contributed by atoms with E-state index in [0.29, 0.717) is 6.54 Å². The predicted molar refractivity (Wildman–Crippen MR) is 53.8 cm³/mol. The second kappa shape index (κ2) is 4.18. The molecule has 2 nitrogen and oxygen atoms in total. The summed E-state index contributed by atoms with van der Waals surface area (Å²) in [5, 5.41) is 0. The fourth-order valence-corrected chi connectivity index (χ4v) is 3.17. The first kappa shape index (κ1) is 12.2. The standard InChI is InChI=1S/C11H18F3NO/c1-6-2-9-7(5-15)3-8(11(12,13)14)4-10(9)16-6/h6-10H,2-5,15H2,1H3. The largest absolute Gasteiger partial charge is 0.391 e. The third-order valence-corrected chi connectivity index (χ3v) is 3.96. The van der Waals surface area contributed by atoms with E-state index in [2.05, 4.69) is 0 Å². The summed E-state index contributed by atoms with van der Waals surface area (Å²) in [6.07, 6.45) is -3.10. The van der Waals surface area contributed by atoms with Crippen molar-refractivity contribution in [1.82, 2.24) is 0 Å². The second-order valence-corrected chi connectivity index (χ2v) is 5.09. The molecule has 1 aliphatic carbocycles. The topological polar surface area (TPSA) is 35.2 Å². The van der Waals surface area contributed by atoms with Crippen LogP contribution in [0.4, 0.5) is 13.2 Å². The van der Waals surface area contributed by atoms with Gasteiger partial charge in [0.2, 0.25) is 0 Å². The van der Waals surface area contributed by atoms with Crippen LogP contribution in [-0.2, 0) is 4.74 Å². The Morgan fingerprint density at radius 3 is 2.50 bits per heavy atom. The summed E-state index contributed by atoms with van der Waals surface area (Å²) in [5.74, 6) is -1.03. The zero-order valence-electron chi connectivity index (χ0n) is 9.33. The Labute approximate surface area is 93.3 Å². The zero-order chi connectivity index (χ0) is 11.9. The van der Waals surface area contributed by atoms with E-state index in [1.165, 1.54) is 0 Å². The lowest BCUT2D eigenvalue weighted by atomic mass is 9.71. The molecule has 0 spiro atoms. The Hall–Kier alpha value is -0.290. The Morgan fingerprint density at radius 2 is 1.94 bits per heavy atom. The number of hydrogen-bond donors (Lipinski definition) is 1. The minimum absolute atomic E-state index is 0.0321. The molecule has 0 aromatic heterocycles. The van der Waals surface area contributed by atoms with Gasteiger partial charge in [0, 0.05) is 0 Å². The number of nitrogens with two attached hydrogens (primary N) is 1. The first-order chi connectivity index (χ1) is 7.41. The van der Waals surface area contributed by atoms with Gasteiger partial charge in [-0.1, -0.05) is 0 Å². The summed E-state index contributed by atoms with van der Waals surface area (Å²) in [4.78, 5) is 0. The first-order valence-electron chi connectivity index (χ1n) is 5.84. The van der Waals surface area contributed by atoms with Crippen molar-refractivity contribution in [2.75, 3.05) is 6.54 Å². The number of hydrogen-bond acceptors (Lipinski definition) is 2. The van der Waals surface area contributed by atoms with Crippen LogP contribution in [0.2, 0.25) is 0 Å². The van der Waals surface area contributed by atoms with E-state index in [1.807, 2.05) is 6.92 Å². The lowest BCUT2D eigenvalue weighted by molar-refractivity contribution is -0.198. The molecule has 2 rings (SSSR count). The number of rotatable bonds is 1. The van der Waals surface area contributed by atoms with Crippen LogP contribution in [0.3, 0.4) is 0 Å². The number of fused-ring (bicyclic) bond motifs is 1. The Bertz CT molecular complexity index is 248. The highest BCUT2D eigenvalue weighted by Crippen LogP contribution is 2.47.